The third kappa shape index (κ3) is 7.04. The smallest absolute Gasteiger partial charge is 0.118 e. The molecule has 0 amide bonds. The highest BCUT2D eigenvalue weighted by Crippen LogP contribution is 2.17. The normalized spacial score (nSPS) is 20.3. The van der Waals surface area contributed by atoms with Crippen molar-refractivity contribution < 1.29 is 19.0 Å². The number of aliphatic hydroxyl groups is 1. The molecule has 0 saturated carbocycles. The molecule has 132 valence electrons. The molecule has 0 radical (unpaired) electrons. The van der Waals surface area contributed by atoms with E-state index in [0.29, 0.717) is 19.7 Å². The van der Waals surface area contributed by atoms with Crippen LogP contribution < -0.4 is 0 Å². The second-order valence-electron chi connectivity index (χ2n) is 7.42. The molecule has 0 bridgehead atoms. The van der Waals surface area contributed by atoms with Gasteiger partial charge in [0.25, 0.3) is 0 Å². The number of hydrogen-bond acceptors (Lipinski definition) is 5. The highest BCUT2D eigenvalue weighted by atomic mass is 16.5. The standard InChI is InChI=1S/C18H31NO4/c1-14-7-8-17(23-14)12-19(11-16-6-5-9-21-16)10-15(20)13-22-18(2,3)4/h7-8,15-16,20H,5-6,9-13H2,1-4H3/t15-,16-/m0/s1. The SMILES string of the molecule is Cc1ccc(CN(C[C@H](O)COC(C)(C)C)C[C@@H]2CCCO2)o1. The van der Waals surface area contributed by atoms with Crippen LogP contribution in [0, 0.1) is 6.92 Å². The molecule has 1 fully saturated rings. The Labute approximate surface area is 139 Å². The van der Waals surface area contributed by atoms with Gasteiger partial charge in [-0.2, -0.15) is 0 Å². The van der Waals surface area contributed by atoms with Crippen molar-refractivity contribution in [1.29, 1.82) is 0 Å². The van der Waals surface area contributed by atoms with Crippen LogP contribution in [0.3, 0.4) is 0 Å². The zero-order valence-corrected chi connectivity index (χ0v) is 14.9. The van der Waals surface area contributed by atoms with Gasteiger partial charge >= 0.3 is 0 Å². The molecule has 1 aliphatic heterocycles. The molecule has 1 aromatic heterocycles. The highest BCUT2D eigenvalue weighted by Gasteiger charge is 2.23. The molecule has 2 atom stereocenters. The lowest BCUT2D eigenvalue weighted by Gasteiger charge is -2.28. The molecule has 1 aliphatic rings. The Balaban J connectivity index is 1.89. The van der Waals surface area contributed by atoms with E-state index in [9.17, 15) is 5.11 Å². The molecule has 23 heavy (non-hydrogen) atoms. The summed E-state index contributed by atoms with van der Waals surface area (Å²) in [5.74, 6) is 1.83. The van der Waals surface area contributed by atoms with Crippen LogP contribution in [-0.4, -0.2) is 54.1 Å². The van der Waals surface area contributed by atoms with Crippen molar-refractivity contribution >= 4 is 0 Å². The fraction of sp³-hybridized carbons (Fsp3) is 0.778. The summed E-state index contributed by atoms with van der Waals surface area (Å²) in [7, 11) is 0. The minimum Gasteiger partial charge on any atom is -0.465 e. The maximum atomic E-state index is 10.3. The monoisotopic (exact) mass is 325 g/mol. The molecular formula is C18H31NO4. The van der Waals surface area contributed by atoms with E-state index in [1.807, 2.05) is 39.8 Å². The molecule has 1 N–H and O–H groups in total. The Hall–Kier alpha value is -0.880. The first-order valence-corrected chi connectivity index (χ1v) is 8.53. The van der Waals surface area contributed by atoms with Crippen LogP contribution in [0.15, 0.2) is 16.5 Å². The lowest BCUT2D eigenvalue weighted by molar-refractivity contribution is -0.0598. The van der Waals surface area contributed by atoms with Gasteiger partial charge in [0.1, 0.15) is 11.5 Å². The summed E-state index contributed by atoms with van der Waals surface area (Å²) in [6.07, 6.45) is 1.93. The molecule has 0 unspecified atom stereocenters. The molecule has 0 aliphatic carbocycles. The Morgan fingerprint density at radius 2 is 2.17 bits per heavy atom. The minimum absolute atomic E-state index is 0.238. The average molecular weight is 325 g/mol. The van der Waals surface area contributed by atoms with Gasteiger partial charge in [0, 0.05) is 19.7 Å². The van der Waals surface area contributed by atoms with E-state index in [-0.39, 0.29) is 11.7 Å². The van der Waals surface area contributed by atoms with Gasteiger partial charge in [-0.15, -0.1) is 0 Å². The van der Waals surface area contributed by atoms with E-state index in [0.717, 1.165) is 37.5 Å². The van der Waals surface area contributed by atoms with E-state index in [2.05, 4.69) is 4.90 Å². The Morgan fingerprint density at radius 1 is 1.39 bits per heavy atom. The van der Waals surface area contributed by atoms with E-state index in [1.165, 1.54) is 0 Å². The van der Waals surface area contributed by atoms with Gasteiger partial charge in [0.05, 0.1) is 31.0 Å². The molecule has 5 heteroatoms. The number of furan rings is 1. The highest BCUT2D eigenvalue weighted by molar-refractivity contribution is 5.05. The van der Waals surface area contributed by atoms with Crippen molar-refractivity contribution in [3.05, 3.63) is 23.7 Å². The third-order valence-electron chi connectivity index (χ3n) is 3.84. The summed E-state index contributed by atoms with van der Waals surface area (Å²) in [6, 6.07) is 3.97. The van der Waals surface area contributed by atoms with Crippen LogP contribution in [0.25, 0.3) is 0 Å². The number of nitrogens with zero attached hydrogens (tertiary/aromatic N) is 1. The molecule has 1 aromatic rings. The number of hydrogen-bond donors (Lipinski definition) is 1. The second-order valence-corrected chi connectivity index (χ2v) is 7.42. The average Bonchev–Trinajstić information content (AvgIpc) is 3.08. The van der Waals surface area contributed by atoms with E-state index < -0.39 is 6.10 Å². The molecule has 2 rings (SSSR count). The van der Waals surface area contributed by atoms with Crippen LogP contribution in [0.4, 0.5) is 0 Å². The zero-order chi connectivity index (χ0) is 16.9. The van der Waals surface area contributed by atoms with Crippen molar-refractivity contribution in [2.75, 3.05) is 26.3 Å². The lowest BCUT2D eigenvalue weighted by Crippen LogP contribution is -2.40. The van der Waals surface area contributed by atoms with Crippen LogP contribution in [-0.2, 0) is 16.0 Å². The minimum atomic E-state index is -0.522. The second kappa shape index (κ2) is 8.29. The fourth-order valence-electron chi connectivity index (χ4n) is 2.77. The van der Waals surface area contributed by atoms with Gasteiger partial charge in [0.15, 0.2) is 0 Å². The van der Waals surface area contributed by atoms with E-state index >= 15 is 0 Å². The van der Waals surface area contributed by atoms with Crippen molar-refractivity contribution in [3.63, 3.8) is 0 Å². The van der Waals surface area contributed by atoms with Crippen molar-refractivity contribution in [2.24, 2.45) is 0 Å². The van der Waals surface area contributed by atoms with Crippen LogP contribution in [0.1, 0.15) is 45.1 Å². The predicted octanol–water partition coefficient (Wildman–Crippen LogP) is 2.75. The number of rotatable bonds is 8. The van der Waals surface area contributed by atoms with Crippen molar-refractivity contribution in [1.82, 2.24) is 4.90 Å². The van der Waals surface area contributed by atoms with Gasteiger partial charge < -0.3 is 19.0 Å². The van der Waals surface area contributed by atoms with Gasteiger partial charge in [-0.3, -0.25) is 4.90 Å². The summed E-state index contributed by atoms with van der Waals surface area (Å²) in [6.45, 7) is 11.2. The molecule has 1 saturated heterocycles. The zero-order valence-electron chi connectivity index (χ0n) is 14.9. The topological polar surface area (TPSA) is 55.1 Å². The third-order valence-corrected chi connectivity index (χ3v) is 3.84. The summed E-state index contributed by atoms with van der Waals surface area (Å²) in [5.41, 5.74) is -0.238. The van der Waals surface area contributed by atoms with Gasteiger partial charge in [-0.25, -0.2) is 0 Å². The van der Waals surface area contributed by atoms with Gasteiger partial charge in [-0.1, -0.05) is 0 Å². The van der Waals surface area contributed by atoms with Crippen molar-refractivity contribution in [2.45, 2.75) is 64.9 Å². The lowest BCUT2D eigenvalue weighted by atomic mass is 10.2. The summed E-state index contributed by atoms with van der Waals surface area (Å²) >= 11 is 0. The molecule has 5 nitrogen and oxygen atoms in total. The summed E-state index contributed by atoms with van der Waals surface area (Å²) in [4.78, 5) is 2.20. The van der Waals surface area contributed by atoms with E-state index in [4.69, 9.17) is 13.9 Å². The van der Waals surface area contributed by atoms with Crippen LogP contribution in [0.2, 0.25) is 0 Å². The predicted molar refractivity (Wildman–Crippen MR) is 89.4 cm³/mol. The van der Waals surface area contributed by atoms with Crippen LogP contribution >= 0.6 is 0 Å². The Kier molecular flexibility index (Phi) is 6.65. The quantitative estimate of drug-likeness (QED) is 0.796. The Morgan fingerprint density at radius 3 is 2.74 bits per heavy atom. The number of aryl methyl sites for hydroxylation is 1. The summed E-state index contributed by atoms with van der Waals surface area (Å²) < 4.78 is 17.1. The first-order chi connectivity index (χ1) is 10.8. The molecule has 0 spiro atoms. The van der Waals surface area contributed by atoms with Crippen molar-refractivity contribution in [3.8, 4) is 0 Å². The first kappa shape index (κ1) is 18.5. The maximum Gasteiger partial charge on any atom is 0.118 e. The number of ether oxygens (including phenoxy) is 2. The molecule has 2 heterocycles. The Bertz CT molecular complexity index is 460. The van der Waals surface area contributed by atoms with Gasteiger partial charge in [-0.05, 0) is 52.7 Å². The molecular weight excluding hydrogens is 294 g/mol. The fourth-order valence-corrected chi connectivity index (χ4v) is 2.77. The summed E-state index contributed by atoms with van der Waals surface area (Å²) in [5, 5.41) is 10.3. The van der Waals surface area contributed by atoms with Crippen LogP contribution in [0.5, 0.6) is 0 Å². The van der Waals surface area contributed by atoms with E-state index in [1.54, 1.807) is 0 Å². The molecule has 0 aromatic carbocycles. The maximum absolute atomic E-state index is 10.3. The largest absolute Gasteiger partial charge is 0.465 e. The first-order valence-electron chi connectivity index (χ1n) is 8.53. The van der Waals surface area contributed by atoms with Gasteiger partial charge in [0.2, 0.25) is 0 Å². The number of aliphatic hydroxyl groups excluding tert-OH is 1.